The summed E-state index contributed by atoms with van der Waals surface area (Å²) in [4.78, 5) is 23.2. The molecule has 1 amide bonds. The lowest BCUT2D eigenvalue weighted by Crippen LogP contribution is -2.41. The van der Waals surface area contributed by atoms with Crippen LogP contribution in [0.4, 0.5) is 0 Å². The maximum Gasteiger partial charge on any atom is 0.308 e. The smallest absolute Gasteiger partial charge is 0.308 e. The van der Waals surface area contributed by atoms with E-state index in [0.717, 1.165) is 19.3 Å². The van der Waals surface area contributed by atoms with Crippen LogP contribution in [0.25, 0.3) is 6.08 Å². The Kier molecular flexibility index (Phi) is 6.14. The molecule has 0 heterocycles. The van der Waals surface area contributed by atoms with Gasteiger partial charge >= 0.3 is 5.97 Å². The summed E-state index contributed by atoms with van der Waals surface area (Å²) in [5.74, 6) is 0.140. The minimum Gasteiger partial charge on any atom is -0.427 e. The lowest BCUT2D eigenvalue weighted by atomic mass is 9.86. The van der Waals surface area contributed by atoms with Crippen LogP contribution in [-0.4, -0.2) is 17.9 Å². The molecule has 0 radical (unpaired) electrons. The first kappa shape index (κ1) is 17.7. The van der Waals surface area contributed by atoms with Crippen molar-refractivity contribution in [3.8, 4) is 11.8 Å². The number of benzene rings is 1. The van der Waals surface area contributed by atoms with Gasteiger partial charge in [-0.2, -0.15) is 5.26 Å². The molecule has 1 N–H and O–H groups in total. The second-order valence-electron chi connectivity index (χ2n) is 6.17. The summed E-state index contributed by atoms with van der Waals surface area (Å²) in [5.41, 5.74) is 0.780. The standard InChI is InChI=1S/C19H22N2O3/c1-13-5-3-4-6-18(13)21-19(23)16(12-20)11-15-7-9-17(10-8-15)24-14(2)22/h7-11,13,18H,3-6H2,1-2H3,(H,21,23)/b16-11+/t13-,18-/m0/s1. The highest BCUT2D eigenvalue weighted by atomic mass is 16.5. The highest BCUT2D eigenvalue weighted by Gasteiger charge is 2.23. The Labute approximate surface area is 142 Å². The molecule has 1 fully saturated rings. The summed E-state index contributed by atoms with van der Waals surface area (Å²) >= 11 is 0. The number of carbonyl (C=O) groups excluding carboxylic acids is 2. The van der Waals surface area contributed by atoms with Crippen LogP contribution >= 0.6 is 0 Å². The molecule has 1 saturated carbocycles. The lowest BCUT2D eigenvalue weighted by Gasteiger charge is -2.29. The molecule has 5 nitrogen and oxygen atoms in total. The molecule has 0 bridgehead atoms. The minimum absolute atomic E-state index is 0.0769. The van der Waals surface area contributed by atoms with Crippen molar-refractivity contribution in [2.45, 2.75) is 45.6 Å². The predicted octanol–water partition coefficient (Wildman–Crippen LogP) is 3.21. The number of nitrogens with zero attached hydrogens (tertiary/aromatic N) is 1. The van der Waals surface area contributed by atoms with Crippen LogP contribution < -0.4 is 10.1 Å². The quantitative estimate of drug-likeness (QED) is 0.399. The Hall–Kier alpha value is -2.61. The van der Waals surface area contributed by atoms with E-state index in [4.69, 9.17) is 4.74 Å². The average molecular weight is 326 g/mol. The monoisotopic (exact) mass is 326 g/mol. The third kappa shape index (κ3) is 4.95. The largest absolute Gasteiger partial charge is 0.427 e. The topological polar surface area (TPSA) is 79.2 Å². The van der Waals surface area contributed by atoms with E-state index in [-0.39, 0.29) is 17.5 Å². The molecule has 0 aromatic heterocycles. The van der Waals surface area contributed by atoms with Gasteiger partial charge in [0, 0.05) is 13.0 Å². The Morgan fingerprint density at radius 2 is 1.92 bits per heavy atom. The molecule has 1 aliphatic carbocycles. The molecule has 0 aliphatic heterocycles. The molecule has 2 rings (SSSR count). The van der Waals surface area contributed by atoms with Crippen LogP contribution in [0.2, 0.25) is 0 Å². The maximum atomic E-state index is 12.3. The molecule has 2 atom stereocenters. The van der Waals surface area contributed by atoms with Gasteiger partial charge in [0.2, 0.25) is 0 Å². The summed E-state index contributed by atoms with van der Waals surface area (Å²) in [6, 6.07) is 8.76. The van der Waals surface area contributed by atoms with Gasteiger partial charge in [0.1, 0.15) is 17.4 Å². The third-order valence-corrected chi connectivity index (χ3v) is 4.25. The Morgan fingerprint density at radius 3 is 2.50 bits per heavy atom. The van der Waals surface area contributed by atoms with Crippen molar-refractivity contribution in [1.82, 2.24) is 5.32 Å². The van der Waals surface area contributed by atoms with Crippen molar-refractivity contribution in [3.63, 3.8) is 0 Å². The van der Waals surface area contributed by atoms with Crippen molar-refractivity contribution >= 4 is 18.0 Å². The first-order valence-electron chi connectivity index (χ1n) is 8.20. The number of ether oxygens (including phenoxy) is 1. The van der Waals surface area contributed by atoms with E-state index in [1.807, 2.05) is 6.07 Å². The number of hydrogen-bond donors (Lipinski definition) is 1. The molecule has 1 aromatic carbocycles. The SMILES string of the molecule is CC(=O)Oc1ccc(/C=C(\C#N)C(=O)N[C@H]2CCCC[C@@H]2C)cc1. The van der Waals surface area contributed by atoms with Crippen LogP contribution in [0, 0.1) is 17.2 Å². The zero-order valence-corrected chi connectivity index (χ0v) is 14.0. The number of amides is 1. The molecule has 1 aliphatic rings. The fourth-order valence-electron chi connectivity index (χ4n) is 2.89. The van der Waals surface area contributed by atoms with E-state index in [0.29, 0.717) is 17.2 Å². The van der Waals surface area contributed by atoms with Gasteiger partial charge in [-0.1, -0.05) is 31.9 Å². The molecule has 0 spiro atoms. The highest BCUT2D eigenvalue weighted by molar-refractivity contribution is 6.01. The van der Waals surface area contributed by atoms with Crippen LogP contribution in [0.15, 0.2) is 29.8 Å². The summed E-state index contributed by atoms with van der Waals surface area (Å²) in [5, 5.41) is 12.3. The number of carbonyl (C=O) groups is 2. The van der Waals surface area contributed by atoms with Crippen molar-refractivity contribution in [2.24, 2.45) is 5.92 Å². The van der Waals surface area contributed by atoms with Gasteiger partial charge in [0.15, 0.2) is 0 Å². The van der Waals surface area contributed by atoms with E-state index in [1.54, 1.807) is 30.3 Å². The fraction of sp³-hybridized carbons (Fsp3) is 0.421. The number of nitriles is 1. The van der Waals surface area contributed by atoms with Gasteiger partial charge < -0.3 is 10.1 Å². The fourth-order valence-corrected chi connectivity index (χ4v) is 2.89. The van der Waals surface area contributed by atoms with Crippen molar-refractivity contribution in [1.29, 1.82) is 5.26 Å². The summed E-state index contributed by atoms with van der Waals surface area (Å²) in [6.07, 6.45) is 5.92. The Morgan fingerprint density at radius 1 is 1.25 bits per heavy atom. The normalized spacial score (nSPS) is 20.8. The van der Waals surface area contributed by atoms with E-state index >= 15 is 0 Å². The van der Waals surface area contributed by atoms with E-state index in [2.05, 4.69) is 12.2 Å². The second-order valence-corrected chi connectivity index (χ2v) is 6.17. The number of hydrogen-bond acceptors (Lipinski definition) is 4. The van der Waals surface area contributed by atoms with Crippen molar-refractivity contribution < 1.29 is 14.3 Å². The highest BCUT2D eigenvalue weighted by Crippen LogP contribution is 2.24. The molecule has 1 aromatic rings. The van der Waals surface area contributed by atoms with E-state index < -0.39 is 5.97 Å². The molecule has 0 unspecified atom stereocenters. The number of nitrogens with one attached hydrogen (secondary N) is 1. The first-order valence-corrected chi connectivity index (χ1v) is 8.20. The molecule has 126 valence electrons. The molecule has 0 saturated heterocycles. The van der Waals surface area contributed by atoms with Crippen molar-refractivity contribution in [3.05, 3.63) is 35.4 Å². The number of rotatable bonds is 4. The first-order chi connectivity index (χ1) is 11.5. The van der Waals surface area contributed by atoms with Gasteiger partial charge in [-0.25, -0.2) is 0 Å². The van der Waals surface area contributed by atoms with Crippen LogP contribution in [-0.2, 0) is 9.59 Å². The Bertz CT molecular complexity index is 671. The number of esters is 1. The lowest BCUT2D eigenvalue weighted by molar-refractivity contribution is -0.131. The zero-order chi connectivity index (χ0) is 17.5. The third-order valence-electron chi connectivity index (χ3n) is 4.25. The van der Waals surface area contributed by atoms with Crippen LogP contribution in [0.3, 0.4) is 0 Å². The van der Waals surface area contributed by atoms with E-state index in [9.17, 15) is 14.9 Å². The van der Waals surface area contributed by atoms with Gasteiger partial charge in [-0.15, -0.1) is 0 Å². The van der Waals surface area contributed by atoms with Gasteiger partial charge in [-0.05, 0) is 42.5 Å². The zero-order valence-electron chi connectivity index (χ0n) is 14.0. The molecule has 24 heavy (non-hydrogen) atoms. The van der Waals surface area contributed by atoms with Gasteiger partial charge in [0.25, 0.3) is 5.91 Å². The summed E-state index contributed by atoms with van der Waals surface area (Å²) in [6.45, 7) is 3.46. The summed E-state index contributed by atoms with van der Waals surface area (Å²) < 4.78 is 4.96. The molecule has 5 heteroatoms. The predicted molar refractivity (Wildman–Crippen MR) is 90.9 cm³/mol. The van der Waals surface area contributed by atoms with E-state index in [1.165, 1.54) is 13.3 Å². The molecular weight excluding hydrogens is 304 g/mol. The maximum absolute atomic E-state index is 12.3. The van der Waals surface area contributed by atoms with Gasteiger partial charge in [-0.3, -0.25) is 9.59 Å². The Balaban J connectivity index is 2.06. The van der Waals surface area contributed by atoms with Crippen LogP contribution in [0.5, 0.6) is 5.75 Å². The van der Waals surface area contributed by atoms with Gasteiger partial charge in [0.05, 0.1) is 0 Å². The second kappa shape index (κ2) is 8.30. The van der Waals surface area contributed by atoms with Crippen LogP contribution in [0.1, 0.15) is 45.1 Å². The summed E-state index contributed by atoms with van der Waals surface area (Å²) in [7, 11) is 0. The van der Waals surface area contributed by atoms with Crippen molar-refractivity contribution in [2.75, 3.05) is 0 Å². The molecular formula is C19H22N2O3. The minimum atomic E-state index is -0.392. The average Bonchev–Trinajstić information content (AvgIpc) is 2.55.